The fourth-order valence-corrected chi connectivity index (χ4v) is 1.96. The van der Waals surface area contributed by atoms with Gasteiger partial charge in [-0.05, 0) is 23.6 Å². The Kier molecular flexibility index (Phi) is 4.39. The molecular formula is C13H19ClN2. The summed E-state index contributed by atoms with van der Waals surface area (Å²) in [6.07, 6.45) is 3.08. The van der Waals surface area contributed by atoms with Crippen molar-refractivity contribution < 1.29 is 0 Å². The molecule has 3 heteroatoms. The van der Waals surface area contributed by atoms with Gasteiger partial charge in [-0.25, -0.2) is 0 Å². The fraction of sp³-hybridized carbons (Fsp3) is 0.385. The maximum Gasteiger partial charge on any atom is 0.0457 e. The van der Waals surface area contributed by atoms with E-state index in [4.69, 9.17) is 5.73 Å². The summed E-state index contributed by atoms with van der Waals surface area (Å²) < 4.78 is 0. The summed E-state index contributed by atoms with van der Waals surface area (Å²) in [5.74, 6) is 0.519. The molecule has 0 fully saturated rings. The van der Waals surface area contributed by atoms with Gasteiger partial charge in [-0.2, -0.15) is 0 Å². The van der Waals surface area contributed by atoms with Crippen LogP contribution in [0.4, 0.5) is 0 Å². The van der Waals surface area contributed by atoms with Crippen molar-refractivity contribution in [2.24, 2.45) is 11.7 Å². The summed E-state index contributed by atoms with van der Waals surface area (Å²) in [7, 11) is 0. The molecule has 0 bridgehead atoms. The van der Waals surface area contributed by atoms with Crippen LogP contribution in [0, 0.1) is 5.92 Å². The molecule has 2 rings (SSSR count). The second-order valence-electron chi connectivity index (χ2n) is 4.20. The van der Waals surface area contributed by atoms with Crippen molar-refractivity contribution >= 4 is 23.3 Å². The third kappa shape index (κ3) is 2.23. The number of fused-ring (bicyclic) bond motifs is 1. The standard InChI is InChI=1S/C13H18N2.ClH/c1-3-9(2)13(14)11-5-4-6-12-10(11)7-8-15-12;/h4-9,13,15H,3,14H2,1-2H3;1H/t9?,13-;/m1./s1. The van der Waals surface area contributed by atoms with Gasteiger partial charge in [0.1, 0.15) is 0 Å². The molecule has 2 aromatic rings. The van der Waals surface area contributed by atoms with E-state index in [1.807, 2.05) is 6.20 Å². The predicted octanol–water partition coefficient (Wildman–Crippen LogP) is 3.64. The van der Waals surface area contributed by atoms with Crippen molar-refractivity contribution in [3.05, 3.63) is 36.0 Å². The third-order valence-corrected chi connectivity index (χ3v) is 3.24. The van der Waals surface area contributed by atoms with Gasteiger partial charge in [-0.3, -0.25) is 0 Å². The lowest BCUT2D eigenvalue weighted by Gasteiger charge is -2.19. The number of nitrogens with two attached hydrogens (primary N) is 1. The van der Waals surface area contributed by atoms with Crippen molar-refractivity contribution in [2.75, 3.05) is 0 Å². The van der Waals surface area contributed by atoms with Crippen molar-refractivity contribution in [1.29, 1.82) is 0 Å². The van der Waals surface area contributed by atoms with Gasteiger partial charge in [0.25, 0.3) is 0 Å². The lowest BCUT2D eigenvalue weighted by Crippen LogP contribution is -2.18. The SMILES string of the molecule is CCC(C)[C@@H](N)c1cccc2[nH]ccc12.Cl. The molecule has 88 valence electrons. The Morgan fingerprint density at radius 1 is 1.31 bits per heavy atom. The summed E-state index contributed by atoms with van der Waals surface area (Å²) in [4.78, 5) is 3.22. The molecule has 0 radical (unpaired) electrons. The summed E-state index contributed by atoms with van der Waals surface area (Å²) in [5, 5.41) is 1.25. The highest BCUT2D eigenvalue weighted by Gasteiger charge is 2.15. The molecule has 1 heterocycles. The monoisotopic (exact) mass is 238 g/mol. The van der Waals surface area contributed by atoms with Gasteiger partial charge >= 0.3 is 0 Å². The van der Waals surface area contributed by atoms with Crippen LogP contribution in [-0.4, -0.2) is 4.98 Å². The van der Waals surface area contributed by atoms with E-state index in [9.17, 15) is 0 Å². The molecule has 0 aliphatic carbocycles. The first kappa shape index (κ1) is 13.1. The van der Waals surface area contributed by atoms with Gasteiger partial charge in [-0.15, -0.1) is 12.4 Å². The van der Waals surface area contributed by atoms with Crippen molar-refractivity contribution in [3.8, 4) is 0 Å². The topological polar surface area (TPSA) is 41.8 Å². The zero-order valence-corrected chi connectivity index (χ0v) is 10.6. The predicted molar refractivity (Wildman–Crippen MR) is 71.9 cm³/mol. The summed E-state index contributed by atoms with van der Waals surface area (Å²) in [6, 6.07) is 8.52. The van der Waals surface area contributed by atoms with Crippen LogP contribution in [0.15, 0.2) is 30.5 Å². The molecule has 1 aromatic heterocycles. The van der Waals surface area contributed by atoms with Crippen LogP contribution < -0.4 is 5.73 Å². The number of aromatic nitrogens is 1. The summed E-state index contributed by atoms with van der Waals surface area (Å²) in [5.41, 5.74) is 8.69. The number of halogens is 1. The van der Waals surface area contributed by atoms with E-state index >= 15 is 0 Å². The molecule has 2 atom stereocenters. The average molecular weight is 239 g/mol. The first-order valence-electron chi connectivity index (χ1n) is 5.55. The number of benzene rings is 1. The largest absolute Gasteiger partial charge is 0.361 e. The van der Waals surface area contributed by atoms with E-state index in [1.54, 1.807) is 0 Å². The molecule has 0 aliphatic rings. The number of nitrogens with one attached hydrogen (secondary N) is 1. The van der Waals surface area contributed by atoms with Crippen LogP contribution in [0.2, 0.25) is 0 Å². The molecule has 0 saturated carbocycles. The van der Waals surface area contributed by atoms with Gasteiger partial charge in [0.05, 0.1) is 0 Å². The highest BCUT2D eigenvalue weighted by Crippen LogP contribution is 2.27. The minimum absolute atomic E-state index is 0. The Hall–Kier alpha value is -0.990. The van der Waals surface area contributed by atoms with Gasteiger partial charge in [0.15, 0.2) is 0 Å². The van der Waals surface area contributed by atoms with Crippen molar-refractivity contribution in [3.63, 3.8) is 0 Å². The number of rotatable bonds is 3. The lowest BCUT2D eigenvalue weighted by atomic mass is 9.91. The first-order valence-corrected chi connectivity index (χ1v) is 5.55. The molecule has 1 unspecified atom stereocenters. The highest BCUT2D eigenvalue weighted by atomic mass is 35.5. The molecule has 0 saturated heterocycles. The quantitative estimate of drug-likeness (QED) is 0.843. The Balaban J connectivity index is 0.00000128. The molecule has 0 spiro atoms. The second kappa shape index (κ2) is 5.37. The highest BCUT2D eigenvalue weighted by molar-refractivity contribution is 5.85. The van der Waals surface area contributed by atoms with Crippen LogP contribution >= 0.6 is 12.4 Å². The Morgan fingerprint density at radius 2 is 2.06 bits per heavy atom. The van der Waals surface area contributed by atoms with Gasteiger partial charge in [0, 0.05) is 23.1 Å². The average Bonchev–Trinajstić information content (AvgIpc) is 2.74. The lowest BCUT2D eigenvalue weighted by molar-refractivity contribution is 0.459. The maximum atomic E-state index is 6.26. The van der Waals surface area contributed by atoms with E-state index in [1.165, 1.54) is 16.5 Å². The van der Waals surface area contributed by atoms with E-state index in [0.717, 1.165) is 6.42 Å². The van der Waals surface area contributed by atoms with Gasteiger partial charge in [0.2, 0.25) is 0 Å². The molecule has 1 aromatic carbocycles. The minimum Gasteiger partial charge on any atom is -0.361 e. The number of H-pyrrole nitrogens is 1. The minimum atomic E-state index is 0. The van der Waals surface area contributed by atoms with Crippen LogP contribution in [-0.2, 0) is 0 Å². The normalized spacial score (nSPS) is 14.4. The van der Waals surface area contributed by atoms with E-state index in [0.29, 0.717) is 5.92 Å². The summed E-state index contributed by atoms with van der Waals surface area (Å²) >= 11 is 0. The van der Waals surface area contributed by atoms with E-state index in [2.05, 4.69) is 43.1 Å². The van der Waals surface area contributed by atoms with Gasteiger partial charge in [-0.1, -0.05) is 32.4 Å². The van der Waals surface area contributed by atoms with Crippen LogP contribution in [0.1, 0.15) is 31.9 Å². The van der Waals surface area contributed by atoms with Crippen LogP contribution in [0.25, 0.3) is 10.9 Å². The molecule has 0 amide bonds. The Morgan fingerprint density at radius 3 is 2.75 bits per heavy atom. The summed E-state index contributed by atoms with van der Waals surface area (Å²) in [6.45, 7) is 4.39. The Bertz CT molecular complexity index is 450. The number of hydrogen-bond donors (Lipinski definition) is 2. The second-order valence-corrected chi connectivity index (χ2v) is 4.20. The van der Waals surface area contributed by atoms with Crippen LogP contribution in [0.5, 0.6) is 0 Å². The third-order valence-electron chi connectivity index (χ3n) is 3.24. The van der Waals surface area contributed by atoms with Crippen LogP contribution in [0.3, 0.4) is 0 Å². The molecular weight excluding hydrogens is 220 g/mol. The maximum absolute atomic E-state index is 6.26. The number of aromatic amines is 1. The van der Waals surface area contributed by atoms with Gasteiger partial charge < -0.3 is 10.7 Å². The molecule has 16 heavy (non-hydrogen) atoms. The molecule has 2 nitrogen and oxygen atoms in total. The molecule has 3 N–H and O–H groups in total. The number of hydrogen-bond acceptors (Lipinski definition) is 1. The van der Waals surface area contributed by atoms with Crippen molar-refractivity contribution in [1.82, 2.24) is 4.98 Å². The zero-order chi connectivity index (χ0) is 10.8. The first-order chi connectivity index (χ1) is 7.24. The fourth-order valence-electron chi connectivity index (χ4n) is 1.96. The van der Waals surface area contributed by atoms with Crippen molar-refractivity contribution in [2.45, 2.75) is 26.3 Å². The van der Waals surface area contributed by atoms with E-state index in [-0.39, 0.29) is 18.4 Å². The Labute approximate surface area is 103 Å². The molecule has 0 aliphatic heterocycles. The smallest absolute Gasteiger partial charge is 0.0457 e. The van der Waals surface area contributed by atoms with E-state index < -0.39 is 0 Å². The zero-order valence-electron chi connectivity index (χ0n) is 9.73.